The van der Waals surface area contributed by atoms with Crippen LogP contribution in [0, 0.1) is 20.2 Å². The quantitative estimate of drug-likeness (QED) is 0.0621. The minimum Gasteiger partial charge on any atom is -0.366 e. The second-order valence-electron chi connectivity index (χ2n) is 13.4. The number of non-ortho nitro benzene ring substituents is 2. The zero-order chi connectivity index (χ0) is 43.2. The largest absolute Gasteiger partial charge is 0.366 e. The number of benzene rings is 6. The molecule has 2 aromatic heterocycles. The molecular weight excluding hydrogens is 785 g/mol. The number of nitro groups is 2. The maximum Gasteiger partial charge on any atom is 0.314 e. The van der Waals surface area contributed by atoms with Crippen LogP contribution in [0.5, 0.6) is 0 Å². The summed E-state index contributed by atoms with van der Waals surface area (Å²) in [4.78, 5) is 49.5. The van der Waals surface area contributed by atoms with Gasteiger partial charge in [-0.3, -0.25) is 29.8 Å². The summed E-state index contributed by atoms with van der Waals surface area (Å²) in [6.45, 7) is 0. The van der Waals surface area contributed by atoms with Gasteiger partial charge in [0.05, 0.1) is 31.9 Å². The van der Waals surface area contributed by atoms with E-state index in [9.17, 15) is 29.8 Å². The molecule has 302 valence electrons. The SMILES string of the molecule is FC(F)(Cc1cccc2cc3ccccc3nc12)C(F)(F)Cc1cccc2cc3ccccc3nc12.NC(=O)c1cccc([N+](=O)[O-])c1.NC(=O)c1cccc([N+](=O)[O-])c1. The van der Waals surface area contributed by atoms with E-state index in [1.807, 2.05) is 36.4 Å². The monoisotopic (exact) mass is 816 g/mol. The number of carbonyl (C=O) groups excluding carboxylic acids is 2. The van der Waals surface area contributed by atoms with Crippen molar-refractivity contribution in [2.75, 3.05) is 0 Å². The van der Waals surface area contributed by atoms with Crippen LogP contribution in [0.15, 0.2) is 146 Å². The molecule has 0 aliphatic rings. The molecule has 16 heteroatoms. The summed E-state index contributed by atoms with van der Waals surface area (Å²) in [6.07, 6.45) is -2.24. The van der Waals surface area contributed by atoms with Gasteiger partial charge in [-0.05, 0) is 47.5 Å². The van der Waals surface area contributed by atoms with Crippen LogP contribution in [0.2, 0.25) is 0 Å². The van der Waals surface area contributed by atoms with E-state index in [-0.39, 0.29) is 33.6 Å². The molecule has 0 aliphatic carbocycles. The lowest BCUT2D eigenvalue weighted by Crippen LogP contribution is -2.44. The van der Waals surface area contributed by atoms with Gasteiger partial charge in [0, 0.05) is 69.8 Å². The first-order chi connectivity index (χ1) is 28.5. The van der Waals surface area contributed by atoms with Crippen molar-refractivity contribution in [1.29, 1.82) is 0 Å². The highest BCUT2D eigenvalue weighted by Gasteiger charge is 2.56. The summed E-state index contributed by atoms with van der Waals surface area (Å²) in [5.41, 5.74) is 11.9. The maximum absolute atomic E-state index is 15.3. The van der Waals surface area contributed by atoms with Crippen LogP contribution in [0.4, 0.5) is 28.9 Å². The number of pyridine rings is 2. The average molecular weight is 817 g/mol. The predicted octanol–water partition coefficient (Wildman–Crippen LogP) is 9.53. The molecule has 0 aliphatic heterocycles. The van der Waals surface area contributed by atoms with Crippen molar-refractivity contribution >= 4 is 66.8 Å². The molecule has 2 amide bonds. The van der Waals surface area contributed by atoms with Gasteiger partial charge in [0.15, 0.2) is 0 Å². The number of hydrogen-bond acceptors (Lipinski definition) is 8. The Morgan fingerprint density at radius 1 is 0.500 bits per heavy atom. The van der Waals surface area contributed by atoms with Gasteiger partial charge in [0.2, 0.25) is 11.8 Å². The number of nitrogens with zero attached hydrogens (tertiary/aromatic N) is 4. The van der Waals surface area contributed by atoms with E-state index in [0.29, 0.717) is 32.8 Å². The minimum atomic E-state index is -4.30. The smallest absolute Gasteiger partial charge is 0.314 e. The maximum atomic E-state index is 15.3. The Bertz CT molecular complexity index is 2690. The number of fused-ring (bicyclic) bond motifs is 4. The van der Waals surface area contributed by atoms with Gasteiger partial charge in [-0.25, -0.2) is 9.97 Å². The standard InChI is InChI=1S/C30H20F4N2.2C7H6N2O3/c31-29(32,17-23-11-5-9-21-15-19-7-1-3-13-25(19)35-27(21)23)30(33,34)18-24-12-6-10-22-16-20-8-2-4-14-26(20)36-28(22)24;2*8-7(10)5-2-1-3-6(4-5)9(11)12/h1-16H,17-18H2;2*1-4H,(H2,8,10). The highest BCUT2D eigenvalue weighted by atomic mass is 19.3. The molecular formula is C44H32F4N6O6. The van der Waals surface area contributed by atoms with Crippen LogP contribution in [0.1, 0.15) is 31.8 Å². The summed E-state index contributed by atoms with van der Waals surface area (Å²) in [7, 11) is 0. The highest BCUT2D eigenvalue weighted by molar-refractivity contribution is 5.96. The molecule has 0 spiro atoms. The molecule has 8 aromatic rings. The fourth-order valence-corrected chi connectivity index (χ4v) is 6.29. The molecule has 12 nitrogen and oxygen atoms in total. The normalized spacial score (nSPS) is 11.3. The van der Waals surface area contributed by atoms with Crippen molar-refractivity contribution in [2.24, 2.45) is 11.5 Å². The number of halogens is 4. The molecule has 6 aromatic carbocycles. The van der Waals surface area contributed by atoms with E-state index in [1.54, 1.807) is 48.5 Å². The van der Waals surface area contributed by atoms with Gasteiger partial charge in [0.1, 0.15) is 0 Å². The van der Waals surface area contributed by atoms with Gasteiger partial charge in [-0.2, -0.15) is 17.6 Å². The topological polar surface area (TPSA) is 198 Å². The summed E-state index contributed by atoms with van der Waals surface area (Å²) in [5.74, 6) is -9.93. The molecule has 0 bridgehead atoms. The first-order valence-electron chi connectivity index (χ1n) is 17.9. The second-order valence-corrected chi connectivity index (χ2v) is 13.4. The van der Waals surface area contributed by atoms with Crippen molar-refractivity contribution in [3.05, 3.63) is 188 Å². The van der Waals surface area contributed by atoms with Crippen molar-refractivity contribution in [3.8, 4) is 0 Å². The molecule has 0 saturated heterocycles. The van der Waals surface area contributed by atoms with Gasteiger partial charge >= 0.3 is 11.8 Å². The lowest BCUT2D eigenvalue weighted by molar-refractivity contribution is -0.385. The number of nitro benzene ring substituents is 2. The van der Waals surface area contributed by atoms with Gasteiger partial charge in [0.25, 0.3) is 11.4 Å². The van der Waals surface area contributed by atoms with Crippen molar-refractivity contribution < 1.29 is 37.0 Å². The summed E-state index contributed by atoms with van der Waals surface area (Å²) < 4.78 is 61.1. The van der Waals surface area contributed by atoms with Crippen molar-refractivity contribution in [1.82, 2.24) is 9.97 Å². The first kappa shape index (κ1) is 41.7. The molecule has 4 N–H and O–H groups in total. The minimum absolute atomic E-state index is 0.0879. The zero-order valence-corrected chi connectivity index (χ0v) is 31.2. The number of alkyl halides is 4. The van der Waals surface area contributed by atoms with E-state index in [2.05, 4.69) is 9.97 Å². The Balaban J connectivity index is 0.000000205. The molecule has 8 rings (SSSR count). The van der Waals surface area contributed by atoms with E-state index in [4.69, 9.17) is 11.5 Å². The third-order valence-corrected chi connectivity index (χ3v) is 9.30. The molecule has 2 heterocycles. The number of rotatable bonds is 9. The molecule has 0 radical (unpaired) electrons. The van der Waals surface area contributed by atoms with Crippen LogP contribution in [-0.2, 0) is 12.8 Å². The fraction of sp³-hybridized carbons (Fsp3) is 0.0909. The molecule has 0 fully saturated rings. The third kappa shape index (κ3) is 9.45. The van der Waals surface area contributed by atoms with Crippen LogP contribution in [-0.4, -0.2) is 43.5 Å². The lowest BCUT2D eigenvalue weighted by Gasteiger charge is -2.27. The molecule has 0 saturated carbocycles. The number of para-hydroxylation sites is 4. The zero-order valence-electron chi connectivity index (χ0n) is 31.2. The van der Waals surface area contributed by atoms with Gasteiger partial charge < -0.3 is 11.5 Å². The van der Waals surface area contributed by atoms with Crippen molar-refractivity contribution in [2.45, 2.75) is 24.7 Å². The van der Waals surface area contributed by atoms with E-state index >= 15 is 17.6 Å². The Morgan fingerprint density at radius 3 is 1.22 bits per heavy atom. The third-order valence-electron chi connectivity index (χ3n) is 9.30. The number of amides is 2. The van der Waals surface area contributed by atoms with Crippen LogP contribution in [0.3, 0.4) is 0 Å². The Labute approximate surface area is 337 Å². The molecule has 0 unspecified atom stereocenters. The van der Waals surface area contributed by atoms with E-state index in [1.165, 1.54) is 48.5 Å². The van der Waals surface area contributed by atoms with E-state index in [0.717, 1.165) is 22.9 Å². The van der Waals surface area contributed by atoms with Crippen LogP contribution >= 0.6 is 0 Å². The Hall–Kier alpha value is -7.88. The molecule has 60 heavy (non-hydrogen) atoms. The number of nitrogens with two attached hydrogens (primary N) is 2. The molecule has 0 atom stereocenters. The van der Waals surface area contributed by atoms with Gasteiger partial charge in [-0.1, -0.05) is 84.9 Å². The Kier molecular flexibility index (Phi) is 12.0. The van der Waals surface area contributed by atoms with Crippen LogP contribution in [0.25, 0.3) is 43.6 Å². The average Bonchev–Trinajstić information content (AvgIpc) is 3.23. The summed E-state index contributed by atoms with van der Waals surface area (Å²) in [5, 5.41) is 23.4. The summed E-state index contributed by atoms with van der Waals surface area (Å²) >= 11 is 0. The van der Waals surface area contributed by atoms with Crippen molar-refractivity contribution in [3.63, 3.8) is 0 Å². The lowest BCUT2D eigenvalue weighted by atomic mass is 9.94. The summed E-state index contributed by atoms with van der Waals surface area (Å²) in [6, 6.07) is 38.4. The van der Waals surface area contributed by atoms with Crippen LogP contribution < -0.4 is 11.5 Å². The first-order valence-corrected chi connectivity index (χ1v) is 17.9. The number of hydrogen-bond donors (Lipinski definition) is 2. The van der Waals surface area contributed by atoms with Gasteiger partial charge in [-0.15, -0.1) is 0 Å². The fourth-order valence-electron chi connectivity index (χ4n) is 6.29. The highest BCUT2D eigenvalue weighted by Crippen LogP contribution is 2.41. The second kappa shape index (κ2) is 17.3. The number of carbonyl (C=O) groups is 2. The Morgan fingerprint density at radius 2 is 0.850 bits per heavy atom. The number of primary amides is 2. The predicted molar refractivity (Wildman–Crippen MR) is 219 cm³/mol. The number of aromatic nitrogens is 2. The van der Waals surface area contributed by atoms with E-state index < -0.39 is 46.3 Å².